The molecular formula is C21H22F2N2O4. The Morgan fingerprint density at radius 2 is 1.79 bits per heavy atom. The number of methoxy groups -OCH3 is 1. The van der Waals surface area contributed by atoms with Crippen LogP contribution < -0.4 is 14.8 Å². The maximum absolute atomic E-state index is 12.3. The van der Waals surface area contributed by atoms with E-state index < -0.39 is 6.61 Å². The highest BCUT2D eigenvalue weighted by Gasteiger charge is 2.10. The van der Waals surface area contributed by atoms with Gasteiger partial charge in [0.2, 0.25) is 5.91 Å². The molecule has 29 heavy (non-hydrogen) atoms. The molecule has 0 aliphatic carbocycles. The molecule has 0 radical (unpaired) electrons. The number of ether oxygens (including phenoxy) is 2. The predicted molar refractivity (Wildman–Crippen MR) is 105 cm³/mol. The van der Waals surface area contributed by atoms with E-state index in [-0.39, 0.29) is 23.3 Å². The van der Waals surface area contributed by atoms with Crippen molar-refractivity contribution in [2.24, 2.45) is 0 Å². The first-order valence-electron chi connectivity index (χ1n) is 8.69. The van der Waals surface area contributed by atoms with Gasteiger partial charge in [-0.2, -0.15) is 8.78 Å². The molecule has 6 nitrogen and oxygen atoms in total. The average molecular weight is 404 g/mol. The number of rotatable bonds is 8. The lowest BCUT2D eigenvalue weighted by Crippen LogP contribution is -2.22. The molecule has 0 fully saturated rings. The summed E-state index contributed by atoms with van der Waals surface area (Å²) in [7, 11) is 4.70. The summed E-state index contributed by atoms with van der Waals surface area (Å²) < 4.78 is 34.1. The number of nitrogens with zero attached hydrogens (tertiary/aromatic N) is 1. The largest absolute Gasteiger partial charge is 0.493 e. The molecule has 0 saturated carbocycles. The summed E-state index contributed by atoms with van der Waals surface area (Å²) in [6, 6.07) is 11.3. The van der Waals surface area contributed by atoms with Gasteiger partial charge < -0.3 is 19.7 Å². The Balaban J connectivity index is 1.93. The van der Waals surface area contributed by atoms with E-state index in [0.717, 1.165) is 5.56 Å². The van der Waals surface area contributed by atoms with Crippen molar-refractivity contribution >= 4 is 17.9 Å². The first-order chi connectivity index (χ1) is 13.8. The van der Waals surface area contributed by atoms with Crippen LogP contribution in [0.15, 0.2) is 48.5 Å². The maximum atomic E-state index is 12.3. The minimum Gasteiger partial charge on any atom is -0.493 e. The van der Waals surface area contributed by atoms with Crippen molar-refractivity contribution < 1.29 is 27.8 Å². The zero-order chi connectivity index (χ0) is 21.4. The van der Waals surface area contributed by atoms with E-state index in [1.807, 2.05) is 0 Å². The number of hydrogen-bond acceptors (Lipinski definition) is 4. The minimum atomic E-state index is -2.95. The number of amides is 2. The first-order valence-corrected chi connectivity index (χ1v) is 8.69. The van der Waals surface area contributed by atoms with Gasteiger partial charge in [0, 0.05) is 32.3 Å². The molecule has 2 aromatic carbocycles. The second-order valence-electron chi connectivity index (χ2n) is 6.24. The Labute approximate surface area is 167 Å². The van der Waals surface area contributed by atoms with Crippen LogP contribution in [0.4, 0.5) is 8.78 Å². The van der Waals surface area contributed by atoms with Crippen molar-refractivity contribution in [2.45, 2.75) is 13.2 Å². The fourth-order valence-electron chi connectivity index (χ4n) is 2.42. The zero-order valence-electron chi connectivity index (χ0n) is 16.3. The Morgan fingerprint density at radius 3 is 2.38 bits per heavy atom. The molecule has 2 aromatic rings. The van der Waals surface area contributed by atoms with Crippen LogP contribution in [0.1, 0.15) is 21.5 Å². The van der Waals surface area contributed by atoms with Crippen LogP contribution in [0, 0.1) is 0 Å². The van der Waals surface area contributed by atoms with E-state index in [0.29, 0.717) is 17.7 Å². The van der Waals surface area contributed by atoms with E-state index in [1.165, 1.54) is 42.4 Å². The second-order valence-corrected chi connectivity index (χ2v) is 6.24. The van der Waals surface area contributed by atoms with E-state index in [1.54, 1.807) is 38.4 Å². The number of halogens is 2. The van der Waals surface area contributed by atoms with E-state index in [2.05, 4.69) is 10.1 Å². The van der Waals surface area contributed by atoms with Crippen molar-refractivity contribution in [1.82, 2.24) is 10.2 Å². The normalized spacial score (nSPS) is 10.8. The molecule has 0 aliphatic rings. The maximum Gasteiger partial charge on any atom is 0.387 e. The predicted octanol–water partition coefficient (Wildman–Crippen LogP) is 3.33. The zero-order valence-corrected chi connectivity index (χ0v) is 16.3. The van der Waals surface area contributed by atoms with Gasteiger partial charge in [-0.25, -0.2) is 0 Å². The molecular weight excluding hydrogens is 382 g/mol. The lowest BCUT2D eigenvalue weighted by Gasteiger charge is -2.10. The fourth-order valence-corrected chi connectivity index (χ4v) is 2.42. The van der Waals surface area contributed by atoms with Gasteiger partial charge in [-0.05, 0) is 41.5 Å². The van der Waals surface area contributed by atoms with Crippen molar-refractivity contribution in [2.75, 3.05) is 21.2 Å². The lowest BCUT2D eigenvalue weighted by atomic mass is 10.1. The Morgan fingerprint density at radius 1 is 1.10 bits per heavy atom. The molecule has 0 bridgehead atoms. The Kier molecular flexibility index (Phi) is 7.70. The van der Waals surface area contributed by atoms with E-state index in [4.69, 9.17) is 4.74 Å². The highest BCUT2D eigenvalue weighted by molar-refractivity contribution is 5.94. The van der Waals surface area contributed by atoms with Crippen LogP contribution in [-0.4, -0.2) is 44.5 Å². The van der Waals surface area contributed by atoms with Crippen molar-refractivity contribution in [1.29, 1.82) is 0 Å². The summed E-state index contributed by atoms with van der Waals surface area (Å²) in [6.45, 7) is -2.66. The van der Waals surface area contributed by atoms with Crippen LogP contribution in [-0.2, 0) is 11.3 Å². The van der Waals surface area contributed by atoms with E-state index >= 15 is 0 Å². The van der Waals surface area contributed by atoms with Gasteiger partial charge in [-0.3, -0.25) is 9.59 Å². The molecule has 0 heterocycles. The van der Waals surface area contributed by atoms with Crippen LogP contribution in [0.3, 0.4) is 0 Å². The number of alkyl halides is 2. The summed E-state index contributed by atoms with van der Waals surface area (Å²) in [5.41, 5.74) is 2.00. The second kappa shape index (κ2) is 10.2. The number of carbonyl (C=O) groups is 2. The summed E-state index contributed by atoms with van der Waals surface area (Å²) in [4.78, 5) is 25.4. The molecule has 0 atom stereocenters. The summed E-state index contributed by atoms with van der Waals surface area (Å²) in [5, 5.41) is 2.73. The molecule has 0 aliphatic heterocycles. The third-order valence-corrected chi connectivity index (χ3v) is 3.90. The monoisotopic (exact) mass is 404 g/mol. The third kappa shape index (κ3) is 6.60. The topological polar surface area (TPSA) is 67.9 Å². The highest BCUT2D eigenvalue weighted by atomic mass is 19.3. The molecule has 0 aromatic heterocycles. The van der Waals surface area contributed by atoms with Crippen LogP contribution in [0.25, 0.3) is 6.08 Å². The van der Waals surface area contributed by atoms with Crippen LogP contribution in [0.5, 0.6) is 11.5 Å². The molecule has 2 amide bonds. The number of benzene rings is 2. The molecule has 1 N–H and O–H groups in total. The van der Waals surface area contributed by atoms with Crippen LogP contribution in [0.2, 0.25) is 0 Å². The molecule has 8 heteroatoms. The SMILES string of the molecule is COc1cc(/C=C/C(=O)NCc2ccc(C(=O)N(C)C)cc2)ccc1OC(F)F. The van der Waals surface area contributed by atoms with Gasteiger partial charge in [-0.1, -0.05) is 18.2 Å². The number of nitrogens with one attached hydrogen (secondary N) is 1. The highest BCUT2D eigenvalue weighted by Crippen LogP contribution is 2.29. The van der Waals surface area contributed by atoms with Crippen molar-refractivity contribution in [3.63, 3.8) is 0 Å². The number of hydrogen-bond donors (Lipinski definition) is 1. The minimum absolute atomic E-state index is 0.0831. The molecule has 0 spiro atoms. The van der Waals surface area contributed by atoms with Gasteiger partial charge in [0.1, 0.15) is 0 Å². The van der Waals surface area contributed by atoms with Crippen molar-refractivity contribution in [3.8, 4) is 11.5 Å². The summed E-state index contributed by atoms with van der Waals surface area (Å²) in [6.07, 6.45) is 2.86. The van der Waals surface area contributed by atoms with Gasteiger partial charge in [0.15, 0.2) is 11.5 Å². The molecule has 0 saturated heterocycles. The van der Waals surface area contributed by atoms with Gasteiger partial charge >= 0.3 is 6.61 Å². The molecule has 2 rings (SSSR count). The fraction of sp³-hybridized carbons (Fsp3) is 0.238. The van der Waals surface area contributed by atoms with Gasteiger partial charge in [0.05, 0.1) is 7.11 Å². The lowest BCUT2D eigenvalue weighted by molar-refractivity contribution is -0.116. The average Bonchev–Trinajstić information content (AvgIpc) is 2.70. The van der Waals surface area contributed by atoms with Gasteiger partial charge in [-0.15, -0.1) is 0 Å². The third-order valence-electron chi connectivity index (χ3n) is 3.90. The number of carbonyl (C=O) groups excluding carboxylic acids is 2. The smallest absolute Gasteiger partial charge is 0.387 e. The molecule has 0 unspecified atom stereocenters. The van der Waals surface area contributed by atoms with Crippen molar-refractivity contribution in [3.05, 3.63) is 65.2 Å². The summed E-state index contributed by atoms with van der Waals surface area (Å²) in [5.74, 6) is -0.366. The summed E-state index contributed by atoms with van der Waals surface area (Å²) >= 11 is 0. The van der Waals surface area contributed by atoms with E-state index in [9.17, 15) is 18.4 Å². The van der Waals surface area contributed by atoms with Gasteiger partial charge in [0.25, 0.3) is 5.91 Å². The Hall–Kier alpha value is -3.42. The Bertz CT molecular complexity index is 881. The van der Waals surface area contributed by atoms with Crippen LogP contribution >= 0.6 is 0 Å². The quantitative estimate of drug-likeness (QED) is 0.686. The standard InChI is InChI=1S/C21H22F2N2O4/c1-25(2)20(27)16-8-4-15(5-9-16)13-24-19(26)11-7-14-6-10-17(29-21(22)23)18(12-14)28-3/h4-12,21H,13H2,1-3H3,(H,24,26)/b11-7+. The first kappa shape index (κ1) is 21.9. The molecule has 154 valence electrons.